The highest BCUT2D eigenvalue weighted by molar-refractivity contribution is 7.15. The summed E-state index contributed by atoms with van der Waals surface area (Å²) in [6.45, 7) is -0.643. The summed E-state index contributed by atoms with van der Waals surface area (Å²) in [5.41, 5.74) is 0.560. The molecule has 0 atom stereocenters. The Hall–Kier alpha value is -4.65. The van der Waals surface area contributed by atoms with Gasteiger partial charge in [0.1, 0.15) is 17.9 Å². The maximum absolute atomic E-state index is 12.7. The molecule has 5 rings (SSSR count). The fourth-order valence-electron chi connectivity index (χ4n) is 3.70. The van der Waals surface area contributed by atoms with Crippen LogP contribution < -0.4 is 10.1 Å². The van der Waals surface area contributed by atoms with Gasteiger partial charge in [-0.15, -0.1) is 16.4 Å². The first kappa shape index (κ1) is 21.2. The number of rotatable bonds is 6. The molecule has 170 valence electrons. The average molecular weight is 478 g/mol. The minimum atomic E-state index is -0.903. The smallest absolute Gasteiger partial charge is 0.282 e. The Kier molecular flexibility index (Phi) is 5.02. The molecule has 34 heavy (non-hydrogen) atoms. The van der Waals surface area contributed by atoms with Crippen molar-refractivity contribution in [3.63, 3.8) is 0 Å². The van der Waals surface area contributed by atoms with Gasteiger partial charge in [0.25, 0.3) is 23.5 Å². The minimum Gasteiger partial charge on any atom is -0.496 e. The third kappa shape index (κ3) is 3.34. The van der Waals surface area contributed by atoms with Crippen molar-refractivity contribution in [3.8, 4) is 17.0 Å². The molecule has 0 radical (unpaired) electrons. The maximum Gasteiger partial charge on any atom is 0.282 e. The maximum atomic E-state index is 12.7. The van der Waals surface area contributed by atoms with Gasteiger partial charge in [0.15, 0.2) is 0 Å². The fraction of sp³-hybridized carbons (Fsp3) is 0.0952. The highest BCUT2D eigenvalue weighted by Gasteiger charge is 2.41. The van der Waals surface area contributed by atoms with E-state index in [1.807, 2.05) is 29.6 Å². The van der Waals surface area contributed by atoms with Crippen molar-refractivity contribution in [1.29, 1.82) is 0 Å². The Bertz CT molecular complexity index is 1510. The van der Waals surface area contributed by atoms with Gasteiger partial charge in [0, 0.05) is 17.0 Å². The molecule has 0 fully saturated rings. The van der Waals surface area contributed by atoms with Crippen molar-refractivity contribution < 1.29 is 24.0 Å². The van der Waals surface area contributed by atoms with E-state index in [0.717, 1.165) is 11.6 Å². The molecule has 3 heterocycles. The number of carbonyl (C=O) groups excluding carboxylic acids is 3. The van der Waals surface area contributed by atoms with Crippen molar-refractivity contribution in [1.82, 2.24) is 19.5 Å². The quantitative estimate of drug-likeness (QED) is 0.252. The van der Waals surface area contributed by atoms with Crippen LogP contribution in [0.1, 0.15) is 20.7 Å². The van der Waals surface area contributed by atoms with Crippen LogP contribution in [-0.2, 0) is 4.79 Å². The molecule has 1 N–H and O–H groups in total. The number of fused-ring (bicyclic) bond motifs is 2. The third-order valence-electron chi connectivity index (χ3n) is 5.19. The van der Waals surface area contributed by atoms with Gasteiger partial charge in [-0.05, 0) is 18.2 Å². The van der Waals surface area contributed by atoms with Gasteiger partial charge in [0.2, 0.25) is 10.9 Å². The number of nitro groups is 1. The van der Waals surface area contributed by atoms with E-state index < -0.39 is 34.9 Å². The highest BCUT2D eigenvalue weighted by Crippen LogP contribution is 2.33. The molecule has 0 saturated carbocycles. The van der Waals surface area contributed by atoms with Crippen LogP contribution >= 0.6 is 11.3 Å². The Labute approximate surface area is 194 Å². The largest absolute Gasteiger partial charge is 0.496 e. The van der Waals surface area contributed by atoms with E-state index in [0.29, 0.717) is 21.3 Å². The van der Waals surface area contributed by atoms with Crippen LogP contribution in [0.2, 0.25) is 0 Å². The van der Waals surface area contributed by atoms with Gasteiger partial charge in [-0.3, -0.25) is 34.7 Å². The van der Waals surface area contributed by atoms with Gasteiger partial charge < -0.3 is 4.74 Å². The van der Waals surface area contributed by atoms with Crippen molar-refractivity contribution in [2.75, 3.05) is 19.0 Å². The monoisotopic (exact) mass is 478 g/mol. The summed E-state index contributed by atoms with van der Waals surface area (Å²) in [6, 6.07) is 11.1. The number of nitro benzene ring substituents is 1. The van der Waals surface area contributed by atoms with E-state index in [2.05, 4.69) is 15.4 Å². The average Bonchev–Trinajstić information content (AvgIpc) is 3.47. The van der Waals surface area contributed by atoms with E-state index in [-0.39, 0.29) is 17.1 Å². The van der Waals surface area contributed by atoms with Crippen molar-refractivity contribution in [2.45, 2.75) is 0 Å². The number of thiazole rings is 1. The predicted molar refractivity (Wildman–Crippen MR) is 120 cm³/mol. The van der Waals surface area contributed by atoms with Gasteiger partial charge in [0.05, 0.1) is 23.3 Å². The summed E-state index contributed by atoms with van der Waals surface area (Å²) >= 11 is 1.31. The molecule has 1 aliphatic rings. The van der Waals surface area contributed by atoms with E-state index in [1.165, 1.54) is 23.5 Å². The van der Waals surface area contributed by atoms with Crippen LogP contribution in [0.15, 0.2) is 47.8 Å². The summed E-state index contributed by atoms with van der Waals surface area (Å²) in [4.78, 5) is 53.8. The zero-order valence-corrected chi connectivity index (χ0v) is 18.2. The summed E-state index contributed by atoms with van der Waals surface area (Å²) < 4.78 is 6.94. The Morgan fingerprint density at radius 1 is 1.15 bits per heavy atom. The first-order valence-corrected chi connectivity index (χ1v) is 10.7. The molecule has 0 spiro atoms. The summed E-state index contributed by atoms with van der Waals surface area (Å²) in [7, 11) is 1.56. The molecule has 12 nitrogen and oxygen atoms in total. The molecule has 0 bridgehead atoms. The second-order valence-corrected chi connectivity index (χ2v) is 7.99. The molecule has 0 aliphatic carbocycles. The lowest BCUT2D eigenvalue weighted by Gasteiger charge is -2.12. The van der Waals surface area contributed by atoms with E-state index in [1.54, 1.807) is 11.6 Å². The van der Waals surface area contributed by atoms with E-state index >= 15 is 0 Å². The van der Waals surface area contributed by atoms with E-state index in [4.69, 9.17) is 4.74 Å². The summed E-state index contributed by atoms with van der Waals surface area (Å²) in [5, 5.41) is 19.9. The Morgan fingerprint density at radius 2 is 1.91 bits per heavy atom. The lowest BCUT2D eigenvalue weighted by atomic mass is 10.1. The number of anilines is 1. The molecular weight excluding hydrogens is 464 g/mol. The van der Waals surface area contributed by atoms with Gasteiger partial charge in [-0.1, -0.05) is 18.2 Å². The number of nitrogens with zero attached hydrogens (tertiary/aromatic N) is 5. The van der Waals surface area contributed by atoms with Crippen LogP contribution in [0.5, 0.6) is 5.75 Å². The van der Waals surface area contributed by atoms with Crippen LogP contribution in [-0.4, -0.2) is 55.8 Å². The predicted octanol–water partition coefficient (Wildman–Crippen LogP) is 2.61. The molecule has 0 unspecified atom stereocenters. The first-order chi connectivity index (χ1) is 16.4. The second-order valence-electron chi connectivity index (χ2n) is 7.15. The van der Waals surface area contributed by atoms with Gasteiger partial charge in [-0.2, -0.15) is 4.98 Å². The van der Waals surface area contributed by atoms with Crippen LogP contribution in [0.25, 0.3) is 16.2 Å². The lowest BCUT2D eigenvalue weighted by Crippen LogP contribution is -2.37. The summed E-state index contributed by atoms with van der Waals surface area (Å²) in [5.74, 6) is -1.79. The van der Waals surface area contributed by atoms with Gasteiger partial charge in [-0.25, -0.2) is 4.52 Å². The number of carbonyl (C=O) groups is 3. The molecule has 2 aromatic heterocycles. The molecular formula is C21H14N6O6S. The van der Waals surface area contributed by atoms with Crippen molar-refractivity contribution >= 4 is 45.7 Å². The van der Waals surface area contributed by atoms with E-state index in [9.17, 15) is 24.5 Å². The number of methoxy groups -OCH3 is 1. The van der Waals surface area contributed by atoms with Crippen LogP contribution in [0, 0.1) is 10.1 Å². The molecule has 4 aromatic rings. The Balaban J connectivity index is 1.37. The number of amides is 3. The zero-order chi connectivity index (χ0) is 24.0. The highest BCUT2D eigenvalue weighted by atomic mass is 32.1. The standard InChI is InChI=1S/C21H14N6O6S/c1-33-15-8-3-2-5-11(15)14-10-34-21-23-20(24-26(14)21)22-16(28)9-25-18(29)12-6-4-7-13(27(31)32)17(12)19(25)30/h2-8,10H,9H2,1H3,(H,22,24,28). The lowest BCUT2D eigenvalue weighted by molar-refractivity contribution is -0.385. The number of benzene rings is 2. The molecule has 0 saturated heterocycles. The zero-order valence-electron chi connectivity index (χ0n) is 17.4. The van der Waals surface area contributed by atoms with Gasteiger partial charge >= 0.3 is 0 Å². The van der Waals surface area contributed by atoms with Crippen molar-refractivity contribution in [3.05, 3.63) is 69.1 Å². The Morgan fingerprint density at radius 3 is 2.68 bits per heavy atom. The SMILES string of the molecule is COc1ccccc1-c1csc2nc(NC(=O)CN3C(=O)c4cccc([N+](=O)[O-])c4C3=O)nn12. The number of ether oxygens (including phenoxy) is 1. The van der Waals surface area contributed by atoms with Crippen LogP contribution in [0.3, 0.4) is 0 Å². The second kappa shape index (κ2) is 8.04. The molecule has 2 aromatic carbocycles. The number of hydrogen-bond acceptors (Lipinski definition) is 9. The summed E-state index contributed by atoms with van der Waals surface area (Å²) in [6.07, 6.45) is 0. The minimum absolute atomic E-state index is 0.0180. The number of nitrogens with one attached hydrogen (secondary N) is 1. The fourth-order valence-corrected chi connectivity index (χ4v) is 4.52. The number of aromatic nitrogens is 3. The topological polar surface area (TPSA) is 149 Å². The first-order valence-electron chi connectivity index (χ1n) is 9.80. The molecule has 1 aliphatic heterocycles. The number of imide groups is 1. The number of para-hydroxylation sites is 1. The number of hydrogen-bond donors (Lipinski definition) is 1. The molecule has 13 heteroatoms. The third-order valence-corrected chi connectivity index (χ3v) is 6.01. The van der Waals surface area contributed by atoms with Crippen molar-refractivity contribution in [2.24, 2.45) is 0 Å². The van der Waals surface area contributed by atoms with Crippen LogP contribution in [0.4, 0.5) is 11.6 Å². The normalized spacial score (nSPS) is 12.8. The molecule has 3 amide bonds.